The number of rotatable bonds is 4. The topological polar surface area (TPSA) is 68.8 Å². The van der Waals surface area contributed by atoms with Crippen LogP contribution in [-0.2, 0) is 4.79 Å². The van der Waals surface area contributed by atoms with Gasteiger partial charge in [0.05, 0.1) is 5.92 Å². The first-order valence-electron chi connectivity index (χ1n) is 13.9. The molecule has 6 nitrogen and oxygen atoms in total. The van der Waals surface area contributed by atoms with Crippen LogP contribution in [0.25, 0.3) is 0 Å². The number of hydrazine groups is 1. The van der Waals surface area contributed by atoms with Crippen molar-refractivity contribution in [3.8, 4) is 0 Å². The SMILES string of the molecule is O=C(N/C(=N\C1CC(C(F)(F)F)NN1C1CCCCC1)NC1CCCC(C(F)(F)F)C1)C1CCC(Cl)CC1. The maximum atomic E-state index is 13.7. The molecule has 13 heteroatoms. The Hall–Kier alpha value is -1.27. The van der Waals surface area contributed by atoms with Gasteiger partial charge >= 0.3 is 12.4 Å². The molecule has 3 aliphatic carbocycles. The van der Waals surface area contributed by atoms with Crippen molar-refractivity contribution in [2.75, 3.05) is 0 Å². The average molecular weight is 574 g/mol. The van der Waals surface area contributed by atoms with Gasteiger partial charge in [-0.05, 0) is 57.8 Å². The summed E-state index contributed by atoms with van der Waals surface area (Å²) in [6, 6.07) is -2.51. The van der Waals surface area contributed by atoms with Gasteiger partial charge in [-0.15, -0.1) is 11.6 Å². The van der Waals surface area contributed by atoms with E-state index >= 15 is 0 Å². The lowest BCUT2D eigenvalue weighted by atomic mass is 9.85. The molecule has 0 bridgehead atoms. The number of halogens is 7. The first-order chi connectivity index (χ1) is 17.9. The zero-order valence-corrected chi connectivity index (χ0v) is 22.1. The van der Waals surface area contributed by atoms with E-state index in [0.717, 1.165) is 32.1 Å². The standard InChI is InChI=1S/C25H38ClF6N5O/c26-17-11-9-15(10-12-17)22(38)35-23(33-18-6-4-5-16(13-18)24(27,28)29)34-21-14-20(25(30,31)32)36-37(21)19-7-2-1-3-8-19/h15-21,36H,1-14H2,(H2,33,34,35,38). The van der Waals surface area contributed by atoms with Crippen molar-refractivity contribution >= 4 is 23.5 Å². The second-order valence-electron chi connectivity index (χ2n) is 11.3. The van der Waals surface area contributed by atoms with E-state index in [1.54, 1.807) is 5.01 Å². The predicted molar refractivity (Wildman–Crippen MR) is 132 cm³/mol. The Labute approximate surface area is 224 Å². The van der Waals surface area contributed by atoms with Gasteiger partial charge in [-0.3, -0.25) is 10.1 Å². The van der Waals surface area contributed by atoms with Crippen molar-refractivity contribution in [1.29, 1.82) is 0 Å². The van der Waals surface area contributed by atoms with Crippen LogP contribution >= 0.6 is 11.6 Å². The molecule has 0 aromatic heterocycles. The maximum Gasteiger partial charge on any atom is 0.405 e. The Kier molecular flexibility index (Phi) is 9.77. The summed E-state index contributed by atoms with van der Waals surface area (Å²) in [5.41, 5.74) is 2.61. The second-order valence-corrected chi connectivity index (χ2v) is 11.9. The molecule has 4 fully saturated rings. The van der Waals surface area contributed by atoms with Crippen LogP contribution in [-0.4, -0.2) is 58.9 Å². The minimum Gasteiger partial charge on any atom is -0.353 e. The highest BCUT2D eigenvalue weighted by Gasteiger charge is 2.49. The number of nitrogens with one attached hydrogen (secondary N) is 3. The van der Waals surface area contributed by atoms with Gasteiger partial charge in [-0.2, -0.15) is 26.3 Å². The lowest BCUT2D eigenvalue weighted by molar-refractivity contribution is -0.183. The number of hydrogen-bond donors (Lipinski definition) is 3. The van der Waals surface area contributed by atoms with E-state index in [2.05, 4.69) is 21.1 Å². The Morgan fingerprint density at radius 1 is 0.842 bits per heavy atom. The molecule has 1 amide bonds. The molecule has 1 aliphatic heterocycles. The fourth-order valence-electron chi connectivity index (χ4n) is 6.27. The maximum absolute atomic E-state index is 13.7. The van der Waals surface area contributed by atoms with Crippen LogP contribution in [0.2, 0.25) is 0 Å². The highest BCUT2D eigenvalue weighted by atomic mass is 35.5. The predicted octanol–water partition coefficient (Wildman–Crippen LogP) is 5.77. The van der Waals surface area contributed by atoms with Gasteiger partial charge in [-0.25, -0.2) is 15.4 Å². The van der Waals surface area contributed by atoms with Crippen LogP contribution in [0.5, 0.6) is 0 Å². The van der Waals surface area contributed by atoms with E-state index in [1.165, 1.54) is 0 Å². The fourth-order valence-corrected chi connectivity index (χ4v) is 6.52. The van der Waals surface area contributed by atoms with E-state index in [4.69, 9.17) is 11.6 Å². The molecule has 0 radical (unpaired) electrons. The van der Waals surface area contributed by atoms with E-state index in [1.807, 2.05) is 0 Å². The van der Waals surface area contributed by atoms with Crippen molar-refractivity contribution < 1.29 is 31.1 Å². The smallest absolute Gasteiger partial charge is 0.353 e. The van der Waals surface area contributed by atoms with Crippen molar-refractivity contribution in [2.45, 2.75) is 132 Å². The summed E-state index contributed by atoms with van der Waals surface area (Å²) in [6.45, 7) is 0. The van der Waals surface area contributed by atoms with Gasteiger partial charge in [0, 0.05) is 29.8 Å². The number of guanidine groups is 1. The number of carbonyl (C=O) groups is 1. The van der Waals surface area contributed by atoms with Crippen LogP contribution in [0.4, 0.5) is 26.3 Å². The van der Waals surface area contributed by atoms with Crippen LogP contribution in [0.15, 0.2) is 4.99 Å². The lowest BCUT2D eigenvalue weighted by Gasteiger charge is -2.35. The van der Waals surface area contributed by atoms with E-state index in [-0.39, 0.29) is 48.5 Å². The van der Waals surface area contributed by atoms with Crippen molar-refractivity contribution in [2.24, 2.45) is 16.8 Å². The number of carbonyl (C=O) groups excluding carboxylic acids is 1. The number of amides is 1. The summed E-state index contributed by atoms with van der Waals surface area (Å²) in [5.74, 6) is -2.16. The summed E-state index contributed by atoms with van der Waals surface area (Å²) >= 11 is 6.16. The number of nitrogens with zero attached hydrogens (tertiary/aromatic N) is 2. The third kappa shape index (κ3) is 7.90. The fraction of sp³-hybridized carbons (Fsp3) is 0.920. The van der Waals surface area contributed by atoms with Crippen molar-refractivity contribution in [1.82, 2.24) is 21.1 Å². The molecule has 3 N–H and O–H groups in total. The van der Waals surface area contributed by atoms with Crippen LogP contribution in [0, 0.1) is 11.8 Å². The quantitative estimate of drug-likeness (QED) is 0.173. The molecule has 4 atom stereocenters. The third-order valence-corrected chi connectivity index (χ3v) is 8.90. The van der Waals surface area contributed by atoms with E-state index in [0.29, 0.717) is 38.5 Å². The van der Waals surface area contributed by atoms with Gasteiger partial charge in [-0.1, -0.05) is 25.7 Å². The number of alkyl halides is 7. The first-order valence-corrected chi connectivity index (χ1v) is 14.3. The molecule has 0 spiro atoms. The Morgan fingerprint density at radius 3 is 2.16 bits per heavy atom. The average Bonchev–Trinajstić information content (AvgIpc) is 3.29. The van der Waals surface area contributed by atoms with Crippen molar-refractivity contribution in [3.05, 3.63) is 0 Å². The highest BCUT2D eigenvalue weighted by molar-refractivity contribution is 6.20. The lowest BCUT2D eigenvalue weighted by Crippen LogP contribution is -2.52. The Bertz CT molecular complexity index is 826. The van der Waals surface area contributed by atoms with E-state index in [9.17, 15) is 31.1 Å². The van der Waals surface area contributed by atoms with Gasteiger partial charge < -0.3 is 5.32 Å². The molecule has 0 aromatic carbocycles. The summed E-state index contributed by atoms with van der Waals surface area (Å²) in [5, 5.41) is 7.30. The molecule has 4 rings (SSSR count). The summed E-state index contributed by atoms with van der Waals surface area (Å²) in [6.07, 6.45) is -2.58. The summed E-state index contributed by atoms with van der Waals surface area (Å²) < 4.78 is 81.3. The van der Waals surface area contributed by atoms with Gasteiger partial charge in [0.2, 0.25) is 5.91 Å². The number of hydrogen-bond acceptors (Lipinski definition) is 4. The summed E-state index contributed by atoms with van der Waals surface area (Å²) in [7, 11) is 0. The molecule has 4 aliphatic rings. The Balaban J connectivity index is 1.55. The Morgan fingerprint density at radius 2 is 1.53 bits per heavy atom. The second kappa shape index (κ2) is 12.5. The normalized spacial score (nSPS) is 34.8. The van der Waals surface area contributed by atoms with Crippen LogP contribution in [0.1, 0.15) is 89.9 Å². The van der Waals surface area contributed by atoms with Crippen LogP contribution in [0.3, 0.4) is 0 Å². The molecule has 4 unspecified atom stereocenters. The molecule has 218 valence electrons. The van der Waals surface area contributed by atoms with Crippen molar-refractivity contribution in [3.63, 3.8) is 0 Å². The van der Waals surface area contributed by atoms with Crippen LogP contribution < -0.4 is 16.1 Å². The zero-order chi connectivity index (χ0) is 27.5. The highest BCUT2D eigenvalue weighted by Crippen LogP contribution is 2.38. The molecular weight excluding hydrogens is 536 g/mol. The molecule has 1 saturated heterocycles. The van der Waals surface area contributed by atoms with Gasteiger partial charge in [0.15, 0.2) is 5.96 Å². The molecule has 38 heavy (non-hydrogen) atoms. The number of aliphatic imine (C=N–C) groups is 1. The summed E-state index contributed by atoms with van der Waals surface area (Å²) in [4.78, 5) is 17.7. The monoisotopic (exact) mass is 573 g/mol. The van der Waals surface area contributed by atoms with Gasteiger partial charge in [0.25, 0.3) is 0 Å². The first kappa shape index (κ1) is 29.7. The molecule has 0 aromatic rings. The van der Waals surface area contributed by atoms with Gasteiger partial charge in [0.1, 0.15) is 12.2 Å². The molecular formula is C25H38ClF6N5O. The molecule has 3 saturated carbocycles. The zero-order valence-electron chi connectivity index (χ0n) is 21.4. The third-order valence-electron chi connectivity index (χ3n) is 8.46. The van der Waals surface area contributed by atoms with E-state index < -0.39 is 36.5 Å². The molecule has 1 heterocycles. The largest absolute Gasteiger partial charge is 0.405 e. The minimum atomic E-state index is -4.47. The minimum absolute atomic E-state index is 0.000213.